The SMILES string of the molecule is CCOc1ccc(NC(=O)[C@@H]2[C@H]3C(=O)N([C@H](C)CO)C(C(=O)Nc4ccc(OC)cc4)C34CC[C@@]2(CC)O4)cc1. The van der Waals surface area contributed by atoms with Crippen molar-refractivity contribution in [3.63, 3.8) is 0 Å². The minimum absolute atomic E-state index is 0.321. The fourth-order valence-electron chi connectivity index (χ4n) is 6.82. The number of aliphatic hydroxyl groups is 1. The monoisotopic (exact) mass is 551 g/mol. The normalized spacial score (nSPS) is 29.2. The zero-order chi connectivity index (χ0) is 28.7. The molecule has 2 unspecified atom stereocenters. The van der Waals surface area contributed by atoms with Crippen LogP contribution in [0.15, 0.2) is 48.5 Å². The van der Waals surface area contributed by atoms with Crippen molar-refractivity contribution >= 4 is 29.1 Å². The molecule has 2 aromatic rings. The minimum Gasteiger partial charge on any atom is -0.497 e. The Labute approximate surface area is 234 Å². The smallest absolute Gasteiger partial charge is 0.250 e. The summed E-state index contributed by atoms with van der Waals surface area (Å²) in [4.78, 5) is 43.3. The van der Waals surface area contributed by atoms with Crippen LogP contribution in [0.4, 0.5) is 11.4 Å². The van der Waals surface area contributed by atoms with Crippen molar-refractivity contribution in [3.05, 3.63) is 48.5 Å². The van der Waals surface area contributed by atoms with Crippen molar-refractivity contribution < 1.29 is 33.7 Å². The molecule has 6 atom stereocenters. The maximum atomic E-state index is 14.1. The number of carbonyl (C=O) groups is 3. The Bertz CT molecular complexity index is 1270. The van der Waals surface area contributed by atoms with Gasteiger partial charge in [0.15, 0.2) is 0 Å². The highest BCUT2D eigenvalue weighted by atomic mass is 16.5. The molecule has 5 rings (SSSR count). The van der Waals surface area contributed by atoms with Gasteiger partial charge in [-0.15, -0.1) is 0 Å². The third-order valence-corrected chi connectivity index (χ3v) is 8.68. The molecular weight excluding hydrogens is 514 g/mol. The van der Waals surface area contributed by atoms with Gasteiger partial charge in [0.25, 0.3) is 0 Å². The summed E-state index contributed by atoms with van der Waals surface area (Å²) >= 11 is 0. The number of aliphatic hydroxyl groups excluding tert-OH is 1. The Morgan fingerprint density at radius 1 is 1.02 bits per heavy atom. The van der Waals surface area contributed by atoms with Gasteiger partial charge in [0.05, 0.1) is 43.8 Å². The van der Waals surface area contributed by atoms with Crippen LogP contribution in [0.2, 0.25) is 0 Å². The number of nitrogens with one attached hydrogen (secondary N) is 2. The third kappa shape index (κ3) is 4.39. The summed E-state index contributed by atoms with van der Waals surface area (Å²) in [6, 6.07) is 12.3. The number of benzene rings is 2. The van der Waals surface area contributed by atoms with Crippen LogP contribution >= 0.6 is 0 Å². The van der Waals surface area contributed by atoms with E-state index in [4.69, 9.17) is 14.2 Å². The highest BCUT2D eigenvalue weighted by Crippen LogP contribution is 2.64. The summed E-state index contributed by atoms with van der Waals surface area (Å²) < 4.78 is 17.4. The van der Waals surface area contributed by atoms with Crippen LogP contribution in [0.3, 0.4) is 0 Å². The second-order valence-corrected chi connectivity index (χ2v) is 10.8. The van der Waals surface area contributed by atoms with E-state index in [1.807, 2.05) is 13.8 Å². The lowest BCUT2D eigenvalue weighted by atomic mass is 9.65. The Hall–Kier alpha value is -3.63. The average Bonchev–Trinajstić information content (AvgIpc) is 3.57. The van der Waals surface area contributed by atoms with Gasteiger partial charge in [-0.05, 0) is 81.6 Å². The average molecular weight is 552 g/mol. The van der Waals surface area contributed by atoms with E-state index in [-0.39, 0.29) is 18.4 Å². The van der Waals surface area contributed by atoms with Crippen LogP contribution in [-0.2, 0) is 19.1 Å². The Balaban J connectivity index is 1.48. The number of hydrogen-bond donors (Lipinski definition) is 3. The molecule has 0 saturated carbocycles. The molecule has 1 spiro atoms. The number of carbonyl (C=O) groups excluding carboxylic acids is 3. The fourth-order valence-corrected chi connectivity index (χ4v) is 6.82. The van der Waals surface area contributed by atoms with Gasteiger partial charge in [-0.2, -0.15) is 0 Å². The Morgan fingerprint density at radius 2 is 1.62 bits per heavy atom. The second-order valence-electron chi connectivity index (χ2n) is 10.8. The first kappa shape index (κ1) is 27.9. The van der Waals surface area contributed by atoms with Crippen LogP contribution in [0.1, 0.15) is 40.0 Å². The van der Waals surface area contributed by atoms with E-state index in [9.17, 15) is 19.5 Å². The first-order chi connectivity index (χ1) is 19.2. The number of hydrogen-bond acceptors (Lipinski definition) is 7. The van der Waals surface area contributed by atoms with E-state index in [0.29, 0.717) is 48.7 Å². The van der Waals surface area contributed by atoms with Gasteiger partial charge in [-0.25, -0.2) is 0 Å². The molecule has 3 saturated heterocycles. The van der Waals surface area contributed by atoms with Gasteiger partial charge in [-0.3, -0.25) is 14.4 Å². The second kappa shape index (κ2) is 10.7. The number of anilines is 2. The highest BCUT2D eigenvalue weighted by Gasteiger charge is 2.79. The van der Waals surface area contributed by atoms with E-state index >= 15 is 0 Å². The number of amides is 3. The van der Waals surface area contributed by atoms with Gasteiger partial charge < -0.3 is 34.9 Å². The highest BCUT2D eigenvalue weighted by molar-refractivity contribution is 6.05. The molecule has 3 amide bonds. The molecule has 3 N–H and O–H groups in total. The molecule has 10 nitrogen and oxygen atoms in total. The molecule has 3 fully saturated rings. The number of fused-ring (bicyclic) bond motifs is 1. The summed E-state index contributed by atoms with van der Waals surface area (Å²) in [7, 11) is 1.56. The molecule has 214 valence electrons. The summed E-state index contributed by atoms with van der Waals surface area (Å²) in [6.07, 6.45) is 1.52. The van der Waals surface area contributed by atoms with Gasteiger partial charge in [0.2, 0.25) is 17.7 Å². The molecule has 3 aliphatic rings. The van der Waals surface area contributed by atoms with E-state index < -0.39 is 41.0 Å². The van der Waals surface area contributed by atoms with E-state index in [2.05, 4.69) is 10.6 Å². The number of rotatable bonds is 10. The van der Waals surface area contributed by atoms with Crippen LogP contribution in [-0.4, -0.2) is 71.3 Å². The third-order valence-electron chi connectivity index (χ3n) is 8.68. The zero-order valence-electron chi connectivity index (χ0n) is 23.3. The molecule has 0 radical (unpaired) electrons. The number of likely N-dealkylation sites (tertiary alicyclic amines) is 1. The van der Waals surface area contributed by atoms with Gasteiger partial charge in [0.1, 0.15) is 23.1 Å². The summed E-state index contributed by atoms with van der Waals surface area (Å²) in [5.41, 5.74) is -0.940. The molecule has 0 aliphatic carbocycles. The lowest BCUT2D eigenvalue weighted by Gasteiger charge is -2.36. The molecule has 40 heavy (non-hydrogen) atoms. The molecule has 10 heteroatoms. The molecule has 3 aliphatic heterocycles. The Morgan fingerprint density at radius 3 is 2.17 bits per heavy atom. The number of ether oxygens (including phenoxy) is 3. The van der Waals surface area contributed by atoms with Crippen molar-refractivity contribution in [1.82, 2.24) is 4.90 Å². The van der Waals surface area contributed by atoms with Crippen molar-refractivity contribution in [2.45, 2.75) is 63.3 Å². The maximum absolute atomic E-state index is 14.1. The predicted molar refractivity (Wildman–Crippen MR) is 148 cm³/mol. The predicted octanol–water partition coefficient (Wildman–Crippen LogP) is 3.21. The molecule has 0 aromatic heterocycles. The lowest BCUT2D eigenvalue weighted by molar-refractivity contribution is -0.147. The molecule has 2 aromatic carbocycles. The first-order valence-corrected chi connectivity index (χ1v) is 13.9. The Kier molecular flexibility index (Phi) is 7.50. The summed E-state index contributed by atoms with van der Waals surface area (Å²) in [5, 5.41) is 15.9. The van der Waals surface area contributed by atoms with Crippen LogP contribution in [0.5, 0.6) is 11.5 Å². The largest absolute Gasteiger partial charge is 0.497 e. The van der Waals surface area contributed by atoms with Crippen molar-refractivity contribution in [1.29, 1.82) is 0 Å². The van der Waals surface area contributed by atoms with Crippen LogP contribution in [0, 0.1) is 11.8 Å². The summed E-state index contributed by atoms with van der Waals surface area (Å²) in [5.74, 6) is -1.40. The quantitative estimate of drug-likeness (QED) is 0.414. The summed E-state index contributed by atoms with van der Waals surface area (Å²) in [6.45, 7) is 5.74. The van der Waals surface area contributed by atoms with Crippen molar-refractivity contribution in [2.75, 3.05) is 31.0 Å². The van der Waals surface area contributed by atoms with Gasteiger partial charge in [-0.1, -0.05) is 6.92 Å². The standard InChI is InChI=1S/C30H37N3O7/c1-5-29-15-16-30(40-29)24(23(29)26(35)31-19-9-13-22(14-10-19)39-6-2)28(37)33(18(3)17-34)25(30)27(36)32-20-7-11-21(38-4)12-8-20/h7-14,18,23-25,34H,5-6,15-17H2,1-4H3,(H,31,35)(H,32,36)/t18-,23+,24+,25?,29-,30?/m1/s1. The number of methoxy groups -OCH3 is 1. The lowest BCUT2D eigenvalue weighted by Crippen LogP contribution is -2.55. The maximum Gasteiger partial charge on any atom is 0.250 e. The molecular formula is C30H37N3O7. The van der Waals surface area contributed by atoms with E-state index in [1.54, 1.807) is 62.6 Å². The topological polar surface area (TPSA) is 126 Å². The molecule has 3 heterocycles. The first-order valence-electron chi connectivity index (χ1n) is 13.9. The minimum atomic E-state index is -1.19. The van der Waals surface area contributed by atoms with E-state index in [1.165, 1.54) is 4.90 Å². The van der Waals surface area contributed by atoms with E-state index in [0.717, 1.165) is 0 Å². The van der Waals surface area contributed by atoms with Crippen LogP contribution in [0.25, 0.3) is 0 Å². The van der Waals surface area contributed by atoms with Crippen molar-refractivity contribution in [3.8, 4) is 11.5 Å². The fraction of sp³-hybridized carbons (Fsp3) is 0.500. The zero-order valence-corrected chi connectivity index (χ0v) is 23.3. The van der Waals surface area contributed by atoms with Gasteiger partial charge >= 0.3 is 0 Å². The van der Waals surface area contributed by atoms with Crippen molar-refractivity contribution in [2.24, 2.45) is 11.8 Å². The van der Waals surface area contributed by atoms with Crippen LogP contribution < -0.4 is 20.1 Å². The van der Waals surface area contributed by atoms with Gasteiger partial charge in [0, 0.05) is 11.4 Å². The number of nitrogens with zero attached hydrogens (tertiary/aromatic N) is 1. The molecule has 2 bridgehead atoms.